The van der Waals surface area contributed by atoms with Gasteiger partial charge in [0.25, 0.3) is 0 Å². The Kier molecular flexibility index (Phi) is 4.59. The zero-order valence-electron chi connectivity index (χ0n) is 11.8. The molecule has 0 saturated carbocycles. The van der Waals surface area contributed by atoms with Crippen LogP contribution in [0.5, 0.6) is 0 Å². The molecule has 19 heavy (non-hydrogen) atoms. The number of hydrogen-bond donors (Lipinski definition) is 1. The molecule has 1 aromatic rings. The van der Waals surface area contributed by atoms with Crippen molar-refractivity contribution in [2.75, 3.05) is 6.54 Å². The minimum Gasteiger partial charge on any atom is -0.478 e. The molecule has 0 radical (unpaired) electrons. The second kappa shape index (κ2) is 6.20. The summed E-state index contributed by atoms with van der Waals surface area (Å²) in [4.78, 5) is 13.5. The fourth-order valence-electron chi connectivity index (χ4n) is 3.01. The van der Waals surface area contributed by atoms with Gasteiger partial charge in [0, 0.05) is 12.6 Å². The summed E-state index contributed by atoms with van der Waals surface area (Å²) in [7, 11) is 0. The zero-order chi connectivity index (χ0) is 13.8. The van der Waals surface area contributed by atoms with E-state index in [0.717, 1.165) is 18.7 Å². The van der Waals surface area contributed by atoms with E-state index in [4.69, 9.17) is 5.11 Å². The molecule has 1 N–H and O–H groups in total. The smallest absolute Gasteiger partial charge is 0.335 e. The van der Waals surface area contributed by atoms with Crippen LogP contribution < -0.4 is 0 Å². The van der Waals surface area contributed by atoms with Crippen molar-refractivity contribution >= 4 is 5.97 Å². The number of aromatic carboxylic acids is 1. The average Bonchev–Trinajstić information content (AvgIpc) is 2.39. The van der Waals surface area contributed by atoms with Crippen LogP contribution in [0, 0.1) is 5.92 Å². The van der Waals surface area contributed by atoms with Gasteiger partial charge in [0.05, 0.1) is 5.56 Å². The summed E-state index contributed by atoms with van der Waals surface area (Å²) in [5, 5.41) is 9.04. The van der Waals surface area contributed by atoms with Crippen LogP contribution >= 0.6 is 0 Å². The highest BCUT2D eigenvalue weighted by Crippen LogP contribution is 2.25. The van der Waals surface area contributed by atoms with Crippen molar-refractivity contribution in [3.05, 3.63) is 35.4 Å². The van der Waals surface area contributed by atoms with Gasteiger partial charge in [0.2, 0.25) is 0 Å². The van der Waals surface area contributed by atoms with E-state index in [9.17, 15) is 4.79 Å². The first-order valence-electron chi connectivity index (χ1n) is 7.14. The van der Waals surface area contributed by atoms with Gasteiger partial charge >= 0.3 is 5.97 Å². The van der Waals surface area contributed by atoms with Gasteiger partial charge in [-0.05, 0) is 43.0 Å². The van der Waals surface area contributed by atoms with E-state index in [2.05, 4.69) is 18.7 Å². The summed E-state index contributed by atoms with van der Waals surface area (Å²) in [6.07, 6.45) is 3.83. The summed E-state index contributed by atoms with van der Waals surface area (Å²) in [6, 6.07) is 7.95. The number of carboxylic acid groups (broad SMARTS) is 1. The summed E-state index contributed by atoms with van der Waals surface area (Å²) in [5.74, 6) is -0.191. The Labute approximate surface area is 115 Å². The highest BCUT2D eigenvalue weighted by Gasteiger charge is 2.24. The highest BCUT2D eigenvalue weighted by molar-refractivity contribution is 5.87. The number of nitrogens with zero attached hydrogens (tertiary/aromatic N) is 1. The standard InChI is InChI=1S/C16H23NO2/c1-12(2)15-8-3-4-9-17(15)11-13-6-5-7-14(10-13)16(18)19/h5-7,10,12,15H,3-4,8-9,11H2,1-2H3,(H,18,19). The molecule has 0 aromatic heterocycles. The van der Waals surface area contributed by atoms with E-state index in [1.54, 1.807) is 12.1 Å². The van der Waals surface area contributed by atoms with Crippen LogP contribution in [0.3, 0.4) is 0 Å². The van der Waals surface area contributed by atoms with Crippen LogP contribution in [0.1, 0.15) is 49.0 Å². The molecule has 104 valence electrons. The van der Waals surface area contributed by atoms with Crippen molar-refractivity contribution < 1.29 is 9.90 Å². The zero-order valence-corrected chi connectivity index (χ0v) is 11.8. The number of hydrogen-bond acceptors (Lipinski definition) is 2. The Morgan fingerprint density at radius 1 is 1.42 bits per heavy atom. The number of likely N-dealkylation sites (tertiary alicyclic amines) is 1. The predicted octanol–water partition coefficient (Wildman–Crippen LogP) is 3.40. The number of rotatable bonds is 4. The van der Waals surface area contributed by atoms with Crippen molar-refractivity contribution in [1.82, 2.24) is 4.90 Å². The molecular formula is C16H23NO2. The van der Waals surface area contributed by atoms with E-state index in [1.807, 2.05) is 12.1 Å². The molecule has 1 saturated heterocycles. The highest BCUT2D eigenvalue weighted by atomic mass is 16.4. The third-order valence-electron chi connectivity index (χ3n) is 3.99. The number of piperidine rings is 1. The van der Waals surface area contributed by atoms with E-state index in [-0.39, 0.29) is 0 Å². The van der Waals surface area contributed by atoms with E-state index < -0.39 is 5.97 Å². The quantitative estimate of drug-likeness (QED) is 0.903. The number of carbonyl (C=O) groups is 1. The van der Waals surface area contributed by atoms with Crippen LogP contribution in [0.4, 0.5) is 0 Å². The Morgan fingerprint density at radius 2 is 2.21 bits per heavy atom. The monoisotopic (exact) mass is 261 g/mol. The van der Waals surface area contributed by atoms with Crippen LogP contribution in [-0.4, -0.2) is 28.6 Å². The molecule has 1 aliphatic rings. The van der Waals surface area contributed by atoms with Gasteiger partial charge < -0.3 is 5.11 Å². The molecule has 0 bridgehead atoms. The number of benzene rings is 1. The molecule has 2 rings (SSSR count). The second-order valence-electron chi connectivity index (χ2n) is 5.78. The minimum absolute atomic E-state index is 0.385. The molecule has 1 aliphatic heterocycles. The Hall–Kier alpha value is -1.35. The van der Waals surface area contributed by atoms with Gasteiger partial charge in [-0.15, -0.1) is 0 Å². The molecular weight excluding hydrogens is 238 g/mol. The van der Waals surface area contributed by atoms with Gasteiger partial charge in [-0.1, -0.05) is 32.4 Å². The van der Waals surface area contributed by atoms with Gasteiger partial charge in [-0.3, -0.25) is 4.90 Å². The lowest BCUT2D eigenvalue weighted by Gasteiger charge is -2.38. The normalized spacial score (nSPS) is 20.7. The molecule has 1 atom stereocenters. The van der Waals surface area contributed by atoms with Gasteiger partial charge in [-0.2, -0.15) is 0 Å². The topological polar surface area (TPSA) is 40.5 Å². The van der Waals surface area contributed by atoms with Crippen molar-refractivity contribution in [1.29, 1.82) is 0 Å². The van der Waals surface area contributed by atoms with Crippen LogP contribution in [-0.2, 0) is 6.54 Å². The van der Waals surface area contributed by atoms with Gasteiger partial charge in [0.1, 0.15) is 0 Å². The first-order chi connectivity index (χ1) is 9.08. The maximum atomic E-state index is 11.0. The summed E-state index contributed by atoms with van der Waals surface area (Å²) < 4.78 is 0. The molecule has 0 amide bonds. The molecule has 0 spiro atoms. The van der Waals surface area contributed by atoms with Crippen molar-refractivity contribution in [2.24, 2.45) is 5.92 Å². The Bertz CT molecular complexity index is 442. The van der Waals surface area contributed by atoms with E-state index in [0.29, 0.717) is 17.5 Å². The van der Waals surface area contributed by atoms with Crippen LogP contribution in [0.25, 0.3) is 0 Å². The largest absolute Gasteiger partial charge is 0.478 e. The predicted molar refractivity (Wildman–Crippen MR) is 76.3 cm³/mol. The van der Waals surface area contributed by atoms with E-state index >= 15 is 0 Å². The first-order valence-corrected chi connectivity index (χ1v) is 7.14. The summed E-state index contributed by atoms with van der Waals surface area (Å²) >= 11 is 0. The third-order valence-corrected chi connectivity index (χ3v) is 3.99. The van der Waals surface area contributed by atoms with Crippen LogP contribution in [0.15, 0.2) is 24.3 Å². The van der Waals surface area contributed by atoms with E-state index in [1.165, 1.54) is 19.3 Å². The first kappa shape index (κ1) is 14.1. The average molecular weight is 261 g/mol. The minimum atomic E-state index is -0.846. The number of carboxylic acids is 1. The van der Waals surface area contributed by atoms with Crippen molar-refractivity contribution in [3.63, 3.8) is 0 Å². The molecule has 3 heteroatoms. The molecule has 1 unspecified atom stereocenters. The summed E-state index contributed by atoms with van der Waals surface area (Å²) in [6.45, 7) is 6.54. The maximum absolute atomic E-state index is 11.0. The Balaban J connectivity index is 2.10. The third kappa shape index (κ3) is 3.57. The fraction of sp³-hybridized carbons (Fsp3) is 0.562. The summed E-state index contributed by atoms with van der Waals surface area (Å²) in [5.41, 5.74) is 1.49. The second-order valence-corrected chi connectivity index (χ2v) is 5.78. The molecule has 1 fully saturated rings. The molecule has 0 aliphatic carbocycles. The maximum Gasteiger partial charge on any atom is 0.335 e. The lowest BCUT2D eigenvalue weighted by atomic mass is 9.92. The fourth-order valence-corrected chi connectivity index (χ4v) is 3.01. The SMILES string of the molecule is CC(C)C1CCCCN1Cc1cccc(C(=O)O)c1. The Morgan fingerprint density at radius 3 is 2.89 bits per heavy atom. The molecule has 1 heterocycles. The lowest BCUT2D eigenvalue weighted by molar-refractivity contribution is 0.0696. The molecule has 1 aromatic carbocycles. The van der Waals surface area contributed by atoms with Crippen LogP contribution in [0.2, 0.25) is 0 Å². The van der Waals surface area contributed by atoms with Gasteiger partial charge in [-0.25, -0.2) is 4.79 Å². The van der Waals surface area contributed by atoms with Crippen molar-refractivity contribution in [3.8, 4) is 0 Å². The lowest BCUT2D eigenvalue weighted by Crippen LogP contribution is -2.42. The molecule has 3 nitrogen and oxygen atoms in total. The van der Waals surface area contributed by atoms with Crippen molar-refractivity contribution in [2.45, 2.75) is 45.7 Å². The van der Waals surface area contributed by atoms with Gasteiger partial charge in [0.15, 0.2) is 0 Å².